The summed E-state index contributed by atoms with van der Waals surface area (Å²) in [6.07, 6.45) is 0. The van der Waals surface area contributed by atoms with Gasteiger partial charge in [0.1, 0.15) is 5.82 Å². The summed E-state index contributed by atoms with van der Waals surface area (Å²) in [6, 6.07) is 15.9. The molecule has 8 heteroatoms. The van der Waals surface area contributed by atoms with Gasteiger partial charge >= 0.3 is 0 Å². The van der Waals surface area contributed by atoms with Gasteiger partial charge in [-0.25, -0.2) is 12.8 Å². The number of rotatable bonds is 7. The van der Waals surface area contributed by atoms with E-state index in [9.17, 15) is 17.6 Å². The van der Waals surface area contributed by atoms with E-state index in [1.807, 2.05) is 26.8 Å². The molecule has 3 rings (SSSR count). The van der Waals surface area contributed by atoms with E-state index >= 15 is 0 Å². The summed E-state index contributed by atoms with van der Waals surface area (Å²) in [5.74, 6) is -1.19. The number of aryl methyl sites for hydroxylation is 3. The van der Waals surface area contributed by atoms with Gasteiger partial charge in [0.25, 0.3) is 0 Å². The average Bonchev–Trinajstić information content (AvgIpc) is 2.69. The van der Waals surface area contributed by atoms with Crippen LogP contribution in [0.15, 0.2) is 65.6 Å². The molecule has 0 aliphatic carbocycles. The Kier molecular flexibility index (Phi) is 7.33. The SMILES string of the molecule is Cc1ccc(S(=O)(=O)N(CC(=O)Nc2cc(C)cc(C)c2)Cc2c(F)cccc2Cl)cc1. The smallest absolute Gasteiger partial charge is 0.243 e. The molecule has 5 nitrogen and oxygen atoms in total. The maximum absolute atomic E-state index is 14.4. The van der Waals surface area contributed by atoms with Crippen molar-refractivity contribution in [2.24, 2.45) is 0 Å². The van der Waals surface area contributed by atoms with Crippen molar-refractivity contribution in [1.29, 1.82) is 0 Å². The second-order valence-electron chi connectivity index (χ2n) is 7.71. The van der Waals surface area contributed by atoms with Gasteiger partial charge in [-0.3, -0.25) is 4.79 Å². The van der Waals surface area contributed by atoms with Crippen molar-refractivity contribution in [3.05, 3.63) is 93.8 Å². The van der Waals surface area contributed by atoms with Crippen LogP contribution in [0.4, 0.5) is 10.1 Å². The van der Waals surface area contributed by atoms with E-state index in [-0.39, 0.29) is 22.0 Å². The number of anilines is 1. The van der Waals surface area contributed by atoms with Crippen LogP contribution in [0.1, 0.15) is 22.3 Å². The summed E-state index contributed by atoms with van der Waals surface area (Å²) in [4.78, 5) is 12.8. The molecule has 1 N–H and O–H groups in total. The predicted octanol–water partition coefficient (Wildman–Crippen LogP) is 5.23. The molecule has 0 atom stereocenters. The van der Waals surface area contributed by atoms with Gasteiger partial charge in [0.05, 0.1) is 11.4 Å². The average molecular weight is 475 g/mol. The van der Waals surface area contributed by atoms with Gasteiger partial charge in [0, 0.05) is 22.8 Å². The largest absolute Gasteiger partial charge is 0.325 e. The van der Waals surface area contributed by atoms with Crippen molar-refractivity contribution in [3.8, 4) is 0 Å². The summed E-state index contributed by atoms with van der Waals surface area (Å²) in [7, 11) is -4.11. The summed E-state index contributed by atoms with van der Waals surface area (Å²) in [5, 5.41) is 2.82. The van der Waals surface area contributed by atoms with Gasteiger partial charge in [0.15, 0.2) is 0 Å². The molecule has 0 aliphatic rings. The molecule has 0 aliphatic heterocycles. The van der Waals surface area contributed by atoms with Crippen LogP contribution in [0.25, 0.3) is 0 Å². The van der Waals surface area contributed by atoms with Crippen LogP contribution >= 0.6 is 11.6 Å². The Hall–Kier alpha value is -2.74. The van der Waals surface area contributed by atoms with Crippen LogP contribution in [0, 0.1) is 26.6 Å². The zero-order chi connectivity index (χ0) is 23.5. The third-order valence-electron chi connectivity index (χ3n) is 4.88. The quantitative estimate of drug-likeness (QED) is 0.509. The second kappa shape index (κ2) is 9.81. The maximum Gasteiger partial charge on any atom is 0.243 e. The minimum absolute atomic E-state index is 0.00375. The van der Waals surface area contributed by atoms with Crippen molar-refractivity contribution in [2.75, 3.05) is 11.9 Å². The molecule has 1 amide bonds. The van der Waals surface area contributed by atoms with Crippen LogP contribution < -0.4 is 5.32 Å². The summed E-state index contributed by atoms with van der Waals surface area (Å²) in [5.41, 5.74) is 3.37. The third-order valence-corrected chi connectivity index (χ3v) is 7.04. The topological polar surface area (TPSA) is 66.5 Å². The van der Waals surface area contributed by atoms with Crippen molar-refractivity contribution >= 4 is 33.2 Å². The Balaban J connectivity index is 1.94. The van der Waals surface area contributed by atoms with Crippen LogP contribution in [0.5, 0.6) is 0 Å². The fourth-order valence-corrected chi connectivity index (χ4v) is 4.94. The molecular formula is C24H24ClFN2O3S. The summed E-state index contributed by atoms with van der Waals surface area (Å²) >= 11 is 6.13. The van der Waals surface area contributed by atoms with Crippen LogP contribution in [0.2, 0.25) is 5.02 Å². The van der Waals surface area contributed by atoms with E-state index in [4.69, 9.17) is 11.6 Å². The first-order valence-corrected chi connectivity index (χ1v) is 11.8. The molecule has 0 bridgehead atoms. The highest BCUT2D eigenvalue weighted by molar-refractivity contribution is 7.89. The number of carbonyl (C=O) groups is 1. The second-order valence-corrected chi connectivity index (χ2v) is 10.1. The summed E-state index contributed by atoms with van der Waals surface area (Å²) < 4.78 is 42.0. The molecule has 0 saturated carbocycles. The van der Waals surface area contributed by atoms with E-state index in [0.717, 1.165) is 21.0 Å². The first-order chi connectivity index (χ1) is 15.1. The Morgan fingerprint density at radius 3 is 2.19 bits per heavy atom. The number of nitrogens with zero attached hydrogens (tertiary/aromatic N) is 1. The molecule has 3 aromatic carbocycles. The molecule has 0 radical (unpaired) electrons. The molecule has 0 fully saturated rings. The summed E-state index contributed by atoms with van der Waals surface area (Å²) in [6.45, 7) is 4.74. The normalized spacial score (nSPS) is 11.6. The fraction of sp³-hybridized carbons (Fsp3) is 0.208. The van der Waals surface area contributed by atoms with E-state index in [0.29, 0.717) is 5.69 Å². The number of benzene rings is 3. The lowest BCUT2D eigenvalue weighted by Gasteiger charge is -2.23. The number of amides is 1. The highest BCUT2D eigenvalue weighted by atomic mass is 35.5. The zero-order valence-electron chi connectivity index (χ0n) is 18.0. The van der Waals surface area contributed by atoms with E-state index in [1.54, 1.807) is 24.3 Å². The van der Waals surface area contributed by atoms with Crippen LogP contribution in [-0.2, 0) is 21.4 Å². The van der Waals surface area contributed by atoms with E-state index in [2.05, 4.69) is 5.32 Å². The molecule has 168 valence electrons. The minimum atomic E-state index is -4.11. The molecule has 3 aromatic rings. The number of hydrogen-bond acceptors (Lipinski definition) is 3. The van der Waals surface area contributed by atoms with Gasteiger partial charge in [0.2, 0.25) is 15.9 Å². The third kappa shape index (κ3) is 5.73. The number of halogens is 2. The molecule has 0 spiro atoms. The Morgan fingerprint density at radius 2 is 1.59 bits per heavy atom. The van der Waals surface area contributed by atoms with Crippen LogP contribution in [-0.4, -0.2) is 25.2 Å². The first-order valence-electron chi connectivity index (χ1n) is 9.94. The Bertz CT molecular complexity index is 1200. The predicted molar refractivity (Wildman–Crippen MR) is 125 cm³/mol. The van der Waals surface area contributed by atoms with Gasteiger partial charge in [-0.15, -0.1) is 0 Å². The lowest BCUT2D eigenvalue weighted by Crippen LogP contribution is -2.38. The molecule has 32 heavy (non-hydrogen) atoms. The van der Waals surface area contributed by atoms with Gasteiger partial charge in [-0.05, 0) is 68.3 Å². The molecule has 0 unspecified atom stereocenters. The number of nitrogens with one attached hydrogen (secondary N) is 1. The minimum Gasteiger partial charge on any atom is -0.325 e. The standard InChI is InChI=1S/C24H24ClFN2O3S/c1-16-7-9-20(10-8-16)32(30,31)28(14-21-22(25)5-4-6-23(21)26)15-24(29)27-19-12-17(2)11-18(3)13-19/h4-13H,14-15H2,1-3H3,(H,27,29). The van der Waals surface area contributed by atoms with Gasteiger partial charge in [-0.1, -0.05) is 41.4 Å². The number of hydrogen-bond donors (Lipinski definition) is 1. The van der Waals surface area contributed by atoms with Gasteiger partial charge in [-0.2, -0.15) is 4.31 Å². The number of carbonyl (C=O) groups excluding carboxylic acids is 1. The Labute approximate surface area is 192 Å². The maximum atomic E-state index is 14.4. The van der Waals surface area contributed by atoms with E-state index < -0.39 is 28.3 Å². The van der Waals surface area contributed by atoms with Crippen molar-refractivity contribution < 1.29 is 17.6 Å². The fourth-order valence-electron chi connectivity index (χ4n) is 3.35. The monoisotopic (exact) mass is 474 g/mol. The molecule has 0 aromatic heterocycles. The van der Waals surface area contributed by atoms with Gasteiger partial charge < -0.3 is 5.32 Å². The molecule has 0 saturated heterocycles. The number of sulfonamides is 1. The van der Waals surface area contributed by atoms with Crippen molar-refractivity contribution in [3.63, 3.8) is 0 Å². The Morgan fingerprint density at radius 1 is 0.969 bits per heavy atom. The lowest BCUT2D eigenvalue weighted by molar-refractivity contribution is -0.116. The van der Waals surface area contributed by atoms with E-state index in [1.165, 1.54) is 30.3 Å². The van der Waals surface area contributed by atoms with Crippen molar-refractivity contribution in [2.45, 2.75) is 32.2 Å². The highest BCUT2D eigenvalue weighted by Crippen LogP contribution is 2.25. The molecule has 0 heterocycles. The zero-order valence-corrected chi connectivity index (χ0v) is 19.6. The van der Waals surface area contributed by atoms with Crippen LogP contribution in [0.3, 0.4) is 0 Å². The molecular weight excluding hydrogens is 451 g/mol. The first kappa shape index (κ1) is 23.9. The highest BCUT2D eigenvalue weighted by Gasteiger charge is 2.28. The lowest BCUT2D eigenvalue weighted by atomic mass is 10.1. The van der Waals surface area contributed by atoms with Crippen molar-refractivity contribution in [1.82, 2.24) is 4.31 Å².